The molecule has 1 aliphatic carbocycles. The molecule has 0 bridgehead atoms. The fraction of sp³-hybridized carbons (Fsp3) is 0.414. The van der Waals surface area contributed by atoms with Crippen LogP contribution >= 0.6 is 11.6 Å². The average Bonchev–Trinajstić information content (AvgIpc) is 3.54. The number of carboxylic acids is 1. The van der Waals surface area contributed by atoms with Gasteiger partial charge in [0.2, 0.25) is 0 Å². The van der Waals surface area contributed by atoms with Gasteiger partial charge in [-0.15, -0.1) is 0 Å². The Morgan fingerprint density at radius 3 is 2.46 bits per heavy atom. The number of hydrogen-bond acceptors (Lipinski definition) is 6. The predicted octanol–water partition coefficient (Wildman–Crippen LogP) is 5.99. The monoisotopic (exact) mass is 560 g/mol. The van der Waals surface area contributed by atoms with E-state index in [0.717, 1.165) is 31.2 Å². The van der Waals surface area contributed by atoms with Gasteiger partial charge in [0, 0.05) is 31.3 Å². The van der Waals surface area contributed by atoms with Gasteiger partial charge in [-0.3, -0.25) is 14.3 Å². The molecule has 0 radical (unpaired) electrons. The largest absolute Gasteiger partial charge is 0.494 e. The number of carboxylic acid groups (broad SMARTS) is 1. The highest BCUT2D eigenvalue weighted by Crippen LogP contribution is 2.35. The lowest BCUT2D eigenvalue weighted by atomic mass is 9.98. The van der Waals surface area contributed by atoms with Crippen molar-refractivity contribution in [1.82, 2.24) is 9.47 Å². The Bertz CT molecular complexity index is 1260. The highest BCUT2D eigenvalue weighted by Gasteiger charge is 2.28. The van der Waals surface area contributed by atoms with E-state index in [2.05, 4.69) is 4.90 Å². The van der Waals surface area contributed by atoms with Gasteiger partial charge in [-0.1, -0.05) is 36.6 Å². The van der Waals surface area contributed by atoms with Crippen LogP contribution in [0.5, 0.6) is 23.3 Å². The van der Waals surface area contributed by atoms with Crippen LogP contribution in [0.1, 0.15) is 49.3 Å². The summed E-state index contributed by atoms with van der Waals surface area (Å²) in [6.07, 6.45) is 4.28. The van der Waals surface area contributed by atoms with Crippen LogP contribution in [0.2, 0.25) is 5.02 Å². The number of methoxy groups -OCH3 is 1. The van der Waals surface area contributed by atoms with Crippen LogP contribution < -0.4 is 9.47 Å². The first-order valence-corrected chi connectivity index (χ1v) is 13.4. The van der Waals surface area contributed by atoms with Gasteiger partial charge in [0.25, 0.3) is 0 Å². The van der Waals surface area contributed by atoms with Gasteiger partial charge in [-0.05, 0) is 54.2 Å². The average molecular weight is 561 g/mol. The molecule has 3 aromatic rings. The molecule has 210 valence electrons. The Morgan fingerprint density at radius 2 is 1.82 bits per heavy atom. The lowest BCUT2D eigenvalue weighted by molar-refractivity contribution is -0.138. The minimum Gasteiger partial charge on any atom is -0.494 e. The third-order valence-corrected chi connectivity index (χ3v) is 7.53. The summed E-state index contributed by atoms with van der Waals surface area (Å²) in [7, 11) is 1.54. The van der Waals surface area contributed by atoms with Crippen molar-refractivity contribution < 1.29 is 34.0 Å². The molecule has 39 heavy (non-hydrogen) atoms. The molecule has 3 N–H and O–H groups in total. The van der Waals surface area contributed by atoms with Gasteiger partial charge in [0.05, 0.1) is 25.1 Å². The number of hydrogen-bond donors (Lipinski definition) is 3. The minimum atomic E-state index is -0.965. The van der Waals surface area contributed by atoms with Crippen LogP contribution in [0, 0.1) is 11.7 Å². The van der Waals surface area contributed by atoms with Crippen LogP contribution in [0.15, 0.2) is 48.5 Å². The predicted molar refractivity (Wildman–Crippen MR) is 145 cm³/mol. The molecular formula is C29H34ClFN2O6. The normalized spacial score (nSPS) is 14.6. The first-order valence-electron chi connectivity index (χ1n) is 13.0. The number of halogens is 2. The lowest BCUT2D eigenvalue weighted by Crippen LogP contribution is -2.34. The van der Waals surface area contributed by atoms with Gasteiger partial charge >= 0.3 is 5.97 Å². The van der Waals surface area contributed by atoms with Gasteiger partial charge < -0.3 is 24.8 Å². The second-order valence-corrected chi connectivity index (χ2v) is 10.3. The Morgan fingerprint density at radius 1 is 1.10 bits per heavy atom. The molecule has 2 aromatic carbocycles. The van der Waals surface area contributed by atoms with E-state index in [9.17, 15) is 24.5 Å². The van der Waals surface area contributed by atoms with Gasteiger partial charge in [0.15, 0.2) is 23.3 Å². The maximum atomic E-state index is 14.4. The molecule has 1 saturated carbocycles. The number of aliphatic carboxylic acids is 1. The molecule has 0 saturated heterocycles. The van der Waals surface area contributed by atoms with Crippen molar-refractivity contribution in [2.75, 3.05) is 20.3 Å². The summed E-state index contributed by atoms with van der Waals surface area (Å²) in [5.74, 6) is -0.222. The van der Waals surface area contributed by atoms with E-state index in [1.165, 1.54) is 35.9 Å². The van der Waals surface area contributed by atoms with E-state index in [-0.39, 0.29) is 36.4 Å². The molecule has 1 atom stereocenters. The number of nitrogens with zero attached hydrogens (tertiary/aromatic N) is 2. The summed E-state index contributed by atoms with van der Waals surface area (Å²) >= 11 is 5.91. The summed E-state index contributed by atoms with van der Waals surface area (Å²) in [4.78, 5) is 14.0. The standard InChI is InChI=1S/C29H34ClFN2O6/c1-38-26-14-20(6-9-25(26)39-13-12-33-27(34)10-11-28(33)35)18-32(17-19-4-2-3-5-19)24(16-29(36)37)21-7-8-22(30)23(31)15-21/h6-11,14-15,19,24,34-35H,2-5,12-13,16-18H2,1H3,(H,36,37)/t24-/m1/s1. The van der Waals surface area contributed by atoms with Crippen molar-refractivity contribution in [2.24, 2.45) is 5.92 Å². The number of ether oxygens (including phenoxy) is 2. The van der Waals surface area contributed by atoms with E-state index < -0.39 is 17.8 Å². The highest BCUT2D eigenvalue weighted by atomic mass is 35.5. The number of benzene rings is 2. The second-order valence-electron chi connectivity index (χ2n) is 9.90. The Balaban J connectivity index is 1.55. The number of carbonyl (C=O) groups is 1. The Labute approximate surface area is 232 Å². The van der Waals surface area contributed by atoms with E-state index in [4.69, 9.17) is 21.1 Å². The van der Waals surface area contributed by atoms with Crippen molar-refractivity contribution in [1.29, 1.82) is 0 Å². The van der Waals surface area contributed by atoms with Gasteiger partial charge in [-0.2, -0.15) is 0 Å². The topological polar surface area (TPSA) is 104 Å². The Hall–Kier alpha value is -3.43. The quantitative estimate of drug-likeness (QED) is 0.236. The molecule has 0 spiro atoms. The van der Waals surface area contributed by atoms with E-state index in [1.54, 1.807) is 12.1 Å². The van der Waals surface area contributed by atoms with Crippen LogP contribution in [-0.4, -0.2) is 51.0 Å². The van der Waals surface area contributed by atoms with Crippen molar-refractivity contribution in [3.05, 3.63) is 70.5 Å². The van der Waals surface area contributed by atoms with Crippen LogP contribution in [0.25, 0.3) is 0 Å². The molecule has 1 aliphatic rings. The van der Waals surface area contributed by atoms with Crippen molar-refractivity contribution in [3.8, 4) is 23.3 Å². The van der Waals surface area contributed by atoms with Crippen molar-refractivity contribution in [2.45, 2.75) is 51.2 Å². The number of rotatable bonds is 13. The van der Waals surface area contributed by atoms with Crippen LogP contribution in [-0.2, 0) is 17.9 Å². The fourth-order valence-corrected chi connectivity index (χ4v) is 5.37. The van der Waals surface area contributed by atoms with Crippen LogP contribution in [0.4, 0.5) is 4.39 Å². The molecule has 0 amide bonds. The summed E-state index contributed by atoms with van der Waals surface area (Å²) in [6.45, 7) is 1.54. The van der Waals surface area contributed by atoms with Crippen LogP contribution in [0.3, 0.4) is 0 Å². The van der Waals surface area contributed by atoms with E-state index in [0.29, 0.717) is 36.1 Å². The van der Waals surface area contributed by atoms with E-state index in [1.807, 2.05) is 12.1 Å². The van der Waals surface area contributed by atoms with Crippen molar-refractivity contribution >= 4 is 17.6 Å². The Kier molecular flexibility index (Phi) is 9.59. The molecule has 1 heterocycles. The zero-order valence-corrected chi connectivity index (χ0v) is 22.6. The third kappa shape index (κ3) is 7.36. The summed E-state index contributed by atoms with van der Waals surface area (Å²) in [5, 5.41) is 29.4. The molecule has 0 unspecified atom stereocenters. The smallest absolute Gasteiger partial charge is 0.305 e. The molecule has 4 rings (SSSR count). The molecule has 8 nitrogen and oxygen atoms in total. The summed E-state index contributed by atoms with van der Waals surface area (Å²) in [6, 6.07) is 12.3. The molecule has 0 aliphatic heterocycles. The number of aromatic hydroxyl groups is 2. The molecule has 10 heteroatoms. The maximum absolute atomic E-state index is 14.4. The SMILES string of the molecule is COc1cc(CN(CC2CCCC2)[C@H](CC(=O)O)c2ccc(Cl)c(F)c2)ccc1OCCn1c(O)ccc1O. The van der Waals surface area contributed by atoms with E-state index >= 15 is 0 Å². The molecular weight excluding hydrogens is 527 g/mol. The summed E-state index contributed by atoms with van der Waals surface area (Å²) < 4.78 is 27.1. The fourth-order valence-electron chi connectivity index (χ4n) is 5.26. The zero-order chi connectivity index (χ0) is 27.9. The molecule has 1 fully saturated rings. The third-order valence-electron chi connectivity index (χ3n) is 7.23. The molecule has 1 aromatic heterocycles. The zero-order valence-electron chi connectivity index (χ0n) is 21.9. The van der Waals surface area contributed by atoms with Crippen molar-refractivity contribution in [3.63, 3.8) is 0 Å². The number of aromatic nitrogens is 1. The van der Waals surface area contributed by atoms with Gasteiger partial charge in [0.1, 0.15) is 12.4 Å². The minimum absolute atomic E-state index is 0.00214. The highest BCUT2D eigenvalue weighted by molar-refractivity contribution is 6.30. The first kappa shape index (κ1) is 28.6. The lowest BCUT2D eigenvalue weighted by Gasteiger charge is -2.33. The second kappa shape index (κ2) is 13.1. The maximum Gasteiger partial charge on any atom is 0.305 e. The first-order chi connectivity index (χ1) is 18.7. The van der Waals surface area contributed by atoms with Gasteiger partial charge in [-0.25, -0.2) is 4.39 Å². The summed E-state index contributed by atoms with van der Waals surface area (Å²) in [5.41, 5.74) is 1.46.